The van der Waals surface area contributed by atoms with Crippen molar-refractivity contribution in [3.05, 3.63) is 87.0 Å². The van der Waals surface area contributed by atoms with E-state index < -0.39 is 39.3 Å². The number of nitriles is 1. The Bertz CT molecular complexity index is 1750. The van der Waals surface area contributed by atoms with Gasteiger partial charge in [-0.25, -0.2) is 27.3 Å². The number of alkyl halides is 3. The van der Waals surface area contributed by atoms with E-state index in [9.17, 15) is 36.4 Å². The molecule has 0 fully saturated rings. The zero-order valence-electron chi connectivity index (χ0n) is 23.2. The number of sulfone groups is 1. The second-order valence-electron chi connectivity index (χ2n) is 9.77. The van der Waals surface area contributed by atoms with Crippen LogP contribution in [0.15, 0.2) is 64.6 Å². The van der Waals surface area contributed by atoms with Crippen LogP contribution < -0.4 is 10.6 Å². The third-order valence-corrected chi connectivity index (χ3v) is 8.76. The number of aryl methyl sites for hydroxylation is 1. The molecule has 0 amide bonds. The molecule has 0 bridgehead atoms. The molecular formula is C28H28F3N5O6S. The van der Waals surface area contributed by atoms with Gasteiger partial charge in [-0.05, 0) is 55.7 Å². The van der Waals surface area contributed by atoms with Crippen LogP contribution in [0.25, 0.3) is 0 Å². The van der Waals surface area contributed by atoms with Gasteiger partial charge in [0.2, 0.25) is 5.95 Å². The molecule has 11 nitrogen and oxygen atoms in total. The number of ether oxygens (including phenoxy) is 1. The van der Waals surface area contributed by atoms with Crippen molar-refractivity contribution in [2.24, 2.45) is 0 Å². The number of esters is 1. The third-order valence-electron chi connectivity index (χ3n) is 6.94. The number of hydrogen-bond acceptors (Lipinski definition) is 9. The molecule has 1 aliphatic rings. The van der Waals surface area contributed by atoms with Crippen molar-refractivity contribution in [1.82, 2.24) is 14.3 Å². The number of fused-ring (bicyclic) bond motifs is 1. The molecule has 1 N–H and O–H groups in total. The summed E-state index contributed by atoms with van der Waals surface area (Å²) in [4.78, 5) is 28.3. The highest BCUT2D eigenvalue weighted by Gasteiger charge is 2.41. The SMILES string of the molecule is COC(=O)C1=C(C)N(c2cccc(C(F)(F)F)c2)c2nn(CCCS(=O)(=O)CCCO)c(=O)n2C1c1ccc(C#N)cc1. The number of carbonyl (C=O) groups excluding carboxylic acids is 1. The smallest absolute Gasteiger partial charge is 0.416 e. The quantitative estimate of drug-likeness (QED) is 0.338. The minimum absolute atomic E-state index is 0.00845. The number of benzene rings is 2. The molecule has 0 aliphatic carbocycles. The van der Waals surface area contributed by atoms with Gasteiger partial charge in [-0.2, -0.15) is 18.4 Å². The van der Waals surface area contributed by atoms with Crippen molar-refractivity contribution in [1.29, 1.82) is 5.26 Å². The Balaban J connectivity index is 1.91. The van der Waals surface area contributed by atoms with E-state index in [1.807, 2.05) is 6.07 Å². The number of rotatable bonds is 10. The van der Waals surface area contributed by atoms with E-state index in [0.29, 0.717) is 11.1 Å². The highest BCUT2D eigenvalue weighted by Crippen LogP contribution is 2.43. The summed E-state index contributed by atoms with van der Waals surface area (Å²) in [6.07, 6.45) is -4.62. The number of halogens is 3. The van der Waals surface area contributed by atoms with Gasteiger partial charge in [0.25, 0.3) is 0 Å². The van der Waals surface area contributed by atoms with E-state index in [-0.39, 0.29) is 60.4 Å². The topological polar surface area (TPSA) is 148 Å². The van der Waals surface area contributed by atoms with Crippen molar-refractivity contribution in [3.63, 3.8) is 0 Å². The van der Waals surface area contributed by atoms with Crippen LogP contribution in [-0.4, -0.2) is 59.1 Å². The fraction of sp³-hybridized carbons (Fsp3) is 0.357. The number of hydrogen-bond donors (Lipinski definition) is 1. The Kier molecular flexibility index (Phi) is 9.12. The summed E-state index contributed by atoms with van der Waals surface area (Å²) in [7, 11) is -2.39. The van der Waals surface area contributed by atoms with Gasteiger partial charge in [-0.15, -0.1) is 5.10 Å². The van der Waals surface area contributed by atoms with E-state index in [0.717, 1.165) is 28.5 Å². The Labute approximate surface area is 245 Å². The molecule has 1 atom stereocenters. The molecule has 2 heterocycles. The molecule has 2 aromatic carbocycles. The molecule has 0 saturated carbocycles. The minimum atomic E-state index is -4.68. The van der Waals surface area contributed by atoms with Crippen LogP contribution in [0.3, 0.4) is 0 Å². The fourth-order valence-electron chi connectivity index (χ4n) is 4.91. The van der Waals surface area contributed by atoms with E-state index >= 15 is 0 Å². The van der Waals surface area contributed by atoms with Crippen LogP contribution in [0.1, 0.15) is 42.5 Å². The van der Waals surface area contributed by atoms with Crippen LogP contribution in [0, 0.1) is 11.3 Å². The number of aliphatic hydroxyl groups is 1. The lowest BCUT2D eigenvalue weighted by atomic mass is 9.93. The van der Waals surface area contributed by atoms with Crippen LogP contribution >= 0.6 is 0 Å². The van der Waals surface area contributed by atoms with Crippen LogP contribution in [0.4, 0.5) is 24.8 Å². The average Bonchev–Trinajstić information content (AvgIpc) is 3.29. The van der Waals surface area contributed by atoms with Gasteiger partial charge >= 0.3 is 17.8 Å². The maximum Gasteiger partial charge on any atom is 0.416 e. The third kappa shape index (κ3) is 6.50. The summed E-state index contributed by atoms with van der Waals surface area (Å²) in [5, 5.41) is 22.6. The van der Waals surface area contributed by atoms with Gasteiger partial charge in [0.1, 0.15) is 15.9 Å². The Hall–Kier alpha value is -4.42. The summed E-state index contributed by atoms with van der Waals surface area (Å²) in [5.74, 6) is -1.47. The molecule has 0 radical (unpaired) electrons. The van der Waals surface area contributed by atoms with E-state index in [2.05, 4.69) is 5.10 Å². The van der Waals surface area contributed by atoms with Gasteiger partial charge < -0.3 is 9.84 Å². The van der Waals surface area contributed by atoms with E-state index in [1.54, 1.807) is 12.1 Å². The van der Waals surface area contributed by atoms with Crippen molar-refractivity contribution in [2.45, 2.75) is 38.5 Å². The van der Waals surface area contributed by atoms with Crippen LogP contribution in [-0.2, 0) is 32.1 Å². The molecule has 1 unspecified atom stereocenters. The van der Waals surface area contributed by atoms with Crippen molar-refractivity contribution in [3.8, 4) is 6.07 Å². The molecule has 0 saturated heterocycles. The van der Waals surface area contributed by atoms with Crippen molar-refractivity contribution >= 4 is 27.4 Å². The number of methoxy groups -OCH3 is 1. The lowest BCUT2D eigenvalue weighted by molar-refractivity contribution is -0.138. The maximum absolute atomic E-state index is 13.9. The first-order chi connectivity index (χ1) is 20.3. The molecule has 4 rings (SSSR count). The summed E-state index contributed by atoms with van der Waals surface area (Å²) in [5.41, 5.74) is -0.928. The first kappa shape index (κ1) is 31.5. The zero-order valence-corrected chi connectivity index (χ0v) is 24.0. The lowest BCUT2D eigenvalue weighted by Crippen LogP contribution is -2.38. The second kappa shape index (κ2) is 12.4. The van der Waals surface area contributed by atoms with Crippen molar-refractivity contribution < 1.29 is 36.2 Å². The largest absolute Gasteiger partial charge is 0.466 e. The van der Waals surface area contributed by atoms with Gasteiger partial charge in [-0.1, -0.05) is 18.2 Å². The Morgan fingerprint density at radius 2 is 1.81 bits per heavy atom. The van der Waals surface area contributed by atoms with E-state index in [4.69, 9.17) is 9.84 Å². The number of anilines is 2. The normalized spacial score (nSPS) is 15.3. The molecule has 1 aliphatic heterocycles. The number of carbonyl (C=O) groups is 1. The maximum atomic E-state index is 13.9. The zero-order chi connectivity index (χ0) is 31.5. The summed E-state index contributed by atoms with van der Waals surface area (Å²) in [6.45, 7) is 1.05. The Morgan fingerprint density at radius 1 is 1.14 bits per heavy atom. The lowest BCUT2D eigenvalue weighted by Gasteiger charge is -2.35. The summed E-state index contributed by atoms with van der Waals surface area (Å²) in [6, 6.07) is 11.2. The summed E-state index contributed by atoms with van der Waals surface area (Å²) < 4.78 is 72.7. The van der Waals surface area contributed by atoms with Crippen LogP contribution in [0.5, 0.6) is 0 Å². The fourth-order valence-corrected chi connectivity index (χ4v) is 6.25. The number of aliphatic hydroxyl groups excluding tert-OH is 1. The van der Waals surface area contributed by atoms with E-state index in [1.165, 1.54) is 36.1 Å². The molecule has 3 aromatic rings. The summed E-state index contributed by atoms with van der Waals surface area (Å²) >= 11 is 0. The van der Waals surface area contributed by atoms with Gasteiger partial charge in [0.15, 0.2) is 0 Å². The van der Waals surface area contributed by atoms with Gasteiger partial charge in [-0.3, -0.25) is 4.90 Å². The molecular weight excluding hydrogens is 591 g/mol. The monoisotopic (exact) mass is 619 g/mol. The minimum Gasteiger partial charge on any atom is -0.466 e. The Morgan fingerprint density at radius 3 is 2.42 bits per heavy atom. The van der Waals surface area contributed by atoms with Crippen LogP contribution in [0.2, 0.25) is 0 Å². The molecule has 0 spiro atoms. The standard InChI is InChI=1S/C28H28F3N5O6S/c1-18-23(25(38)42-2)24(20-10-8-19(17-32)9-11-20)36-26(35(18)22-7-3-6-21(16-22)28(29,30)31)33-34(27(36)39)12-4-14-43(40,41)15-5-13-37/h3,6-11,16,24,37H,4-5,12-15H2,1-2H3. The predicted molar refractivity (Wildman–Crippen MR) is 149 cm³/mol. The number of aromatic nitrogens is 3. The highest BCUT2D eigenvalue weighted by molar-refractivity contribution is 7.91. The molecule has 228 valence electrons. The van der Waals surface area contributed by atoms with Gasteiger partial charge in [0.05, 0.1) is 41.4 Å². The molecule has 15 heteroatoms. The second-order valence-corrected chi connectivity index (χ2v) is 12.1. The number of nitrogens with zero attached hydrogens (tertiary/aromatic N) is 5. The predicted octanol–water partition coefficient (Wildman–Crippen LogP) is 3.31. The van der Waals surface area contributed by atoms with Gasteiger partial charge in [0, 0.05) is 24.5 Å². The van der Waals surface area contributed by atoms with Crippen molar-refractivity contribution in [2.75, 3.05) is 30.1 Å². The first-order valence-corrected chi connectivity index (χ1v) is 14.9. The average molecular weight is 620 g/mol. The first-order valence-electron chi connectivity index (χ1n) is 13.1. The number of allylic oxidation sites excluding steroid dienone is 1. The molecule has 1 aromatic heterocycles. The molecule has 43 heavy (non-hydrogen) atoms. The highest BCUT2D eigenvalue weighted by atomic mass is 32.2.